The number of oxazole rings is 1. The molecule has 0 saturated heterocycles. The van der Waals surface area contributed by atoms with E-state index in [1.165, 1.54) is 0 Å². The van der Waals surface area contributed by atoms with Gasteiger partial charge in [0.25, 0.3) is 0 Å². The van der Waals surface area contributed by atoms with Gasteiger partial charge in [0.1, 0.15) is 17.8 Å². The first-order valence-electron chi connectivity index (χ1n) is 5.32. The summed E-state index contributed by atoms with van der Waals surface area (Å²) >= 11 is 0. The number of carbonyl (C=O) groups excluding carboxylic acids is 1. The fourth-order valence-corrected chi connectivity index (χ4v) is 1.52. The van der Waals surface area contributed by atoms with Crippen molar-refractivity contribution in [2.45, 2.75) is 12.8 Å². The maximum absolute atomic E-state index is 10.3. The number of carbonyl (C=O) groups is 1. The van der Waals surface area contributed by atoms with Crippen LogP contribution in [0.3, 0.4) is 0 Å². The summed E-state index contributed by atoms with van der Waals surface area (Å²) < 4.78 is 10.5. The molecule has 0 fully saturated rings. The molecule has 0 N–H and O–H groups in total. The van der Waals surface area contributed by atoms with E-state index in [-0.39, 0.29) is 6.42 Å². The summed E-state index contributed by atoms with van der Waals surface area (Å²) in [7, 11) is 1.63. The predicted octanol–water partition coefficient (Wildman–Crippen LogP) is 2.02. The second kappa shape index (κ2) is 5.30. The Balaban J connectivity index is 2.05. The van der Waals surface area contributed by atoms with Crippen molar-refractivity contribution in [1.82, 2.24) is 4.98 Å². The average molecular weight is 231 g/mol. The average Bonchev–Trinajstić information content (AvgIpc) is 2.78. The highest BCUT2D eigenvalue weighted by molar-refractivity contribution is 5.52. The molecule has 0 radical (unpaired) electrons. The molecule has 0 spiro atoms. The highest BCUT2D eigenvalue weighted by Crippen LogP contribution is 2.15. The van der Waals surface area contributed by atoms with Crippen LogP contribution in [0.2, 0.25) is 0 Å². The van der Waals surface area contributed by atoms with Crippen molar-refractivity contribution >= 4 is 6.29 Å². The lowest BCUT2D eigenvalue weighted by atomic mass is 10.1. The van der Waals surface area contributed by atoms with Crippen molar-refractivity contribution in [2.75, 3.05) is 7.11 Å². The van der Waals surface area contributed by atoms with E-state index in [0.717, 1.165) is 17.6 Å². The maximum atomic E-state index is 10.3. The second-order valence-corrected chi connectivity index (χ2v) is 3.62. The Morgan fingerprint density at radius 3 is 2.76 bits per heavy atom. The Kier molecular flexibility index (Phi) is 3.55. The van der Waals surface area contributed by atoms with Crippen molar-refractivity contribution in [3.05, 3.63) is 47.7 Å². The number of benzene rings is 1. The lowest BCUT2D eigenvalue weighted by Crippen LogP contribution is -1.89. The van der Waals surface area contributed by atoms with Gasteiger partial charge in [-0.2, -0.15) is 0 Å². The first-order chi connectivity index (χ1) is 8.31. The molecule has 88 valence electrons. The van der Waals surface area contributed by atoms with Gasteiger partial charge in [-0.1, -0.05) is 12.1 Å². The van der Waals surface area contributed by atoms with Gasteiger partial charge < -0.3 is 13.9 Å². The summed E-state index contributed by atoms with van der Waals surface area (Å²) in [6.07, 6.45) is 3.28. The topological polar surface area (TPSA) is 52.3 Å². The Morgan fingerprint density at radius 2 is 2.12 bits per heavy atom. The first-order valence-corrected chi connectivity index (χ1v) is 5.32. The van der Waals surface area contributed by atoms with Crippen molar-refractivity contribution in [3.63, 3.8) is 0 Å². The molecule has 0 aliphatic heterocycles. The maximum Gasteiger partial charge on any atom is 0.198 e. The van der Waals surface area contributed by atoms with Crippen LogP contribution in [0.1, 0.15) is 17.2 Å². The van der Waals surface area contributed by atoms with Gasteiger partial charge in [0.2, 0.25) is 0 Å². The fourth-order valence-electron chi connectivity index (χ4n) is 1.52. The largest absolute Gasteiger partial charge is 0.497 e. The van der Waals surface area contributed by atoms with Gasteiger partial charge in [0, 0.05) is 6.42 Å². The van der Waals surface area contributed by atoms with Crippen LogP contribution < -0.4 is 4.74 Å². The Bertz CT molecular complexity index is 488. The standard InChI is InChI=1S/C13H13NO3/c1-16-11-4-2-10(3-5-11)8-13-14-9-12(17-13)6-7-15/h2-5,7,9H,6,8H2,1H3. The summed E-state index contributed by atoms with van der Waals surface area (Å²) in [4.78, 5) is 14.4. The molecule has 17 heavy (non-hydrogen) atoms. The molecular weight excluding hydrogens is 218 g/mol. The molecule has 0 aliphatic rings. The van der Waals surface area contributed by atoms with E-state index >= 15 is 0 Å². The quantitative estimate of drug-likeness (QED) is 0.739. The van der Waals surface area contributed by atoms with E-state index in [4.69, 9.17) is 9.15 Å². The van der Waals surface area contributed by atoms with E-state index in [9.17, 15) is 4.79 Å². The summed E-state index contributed by atoms with van der Waals surface area (Å²) in [5.74, 6) is 2.04. The highest BCUT2D eigenvalue weighted by Gasteiger charge is 2.04. The lowest BCUT2D eigenvalue weighted by molar-refractivity contribution is -0.107. The molecule has 1 aromatic carbocycles. The van der Waals surface area contributed by atoms with E-state index in [1.54, 1.807) is 13.3 Å². The van der Waals surface area contributed by atoms with Crippen LogP contribution in [-0.2, 0) is 17.6 Å². The minimum absolute atomic E-state index is 0.273. The molecule has 0 bridgehead atoms. The summed E-state index contributed by atoms with van der Waals surface area (Å²) in [5.41, 5.74) is 1.09. The molecule has 0 saturated carbocycles. The van der Waals surface area contributed by atoms with Crippen LogP contribution in [0.25, 0.3) is 0 Å². The van der Waals surface area contributed by atoms with Crippen LogP contribution in [0, 0.1) is 0 Å². The van der Waals surface area contributed by atoms with Gasteiger partial charge >= 0.3 is 0 Å². The molecule has 2 rings (SSSR count). The molecule has 2 aromatic rings. The number of aromatic nitrogens is 1. The number of ether oxygens (including phenoxy) is 1. The minimum atomic E-state index is 0.273. The first kappa shape index (κ1) is 11.4. The summed E-state index contributed by atoms with van der Waals surface area (Å²) in [6.45, 7) is 0. The van der Waals surface area contributed by atoms with Crippen molar-refractivity contribution in [2.24, 2.45) is 0 Å². The zero-order chi connectivity index (χ0) is 12.1. The number of rotatable bonds is 5. The Hall–Kier alpha value is -2.10. The number of hydrogen-bond acceptors (Lipinski definition) is 4. The van der Waals surface area contributed by atoms with E-state index in [2.05, 4.69) is 4.98 Å². The van der Waals surface area contributed by atoms with Crippen molar-refractivity contribution in [3.8, 4) is 5.75 Å². The third kappa shape index (κ3) is 2.93. The van der Waals surface area contributed by atoms with Gasteiger partial charge in [0.05, 0.1) is 19.7 Å². The van der Waals surface area contributed by atoms with Gasteiger partial charge in [-0.15, -0.1) is 0 Å². The molecule has 1 heterocycles. The second-order valence-electron chi connectivity index (χ2n) is 3.62. The number of hydrogen-bond donors (Lipinski definition) is 0. The third-order valence-electron chi connectivity index (χ3n) is 2.40. The number of aldehydes is 1. The summed E-state index contributed by atoms with van der Waals surface area (Å²) in [5, 5.41) is 0. The molecular formula is C13H13NO3. The van der Waals surface area contributed by atoms with Crippen molar-refractivity contribution in [1.29, 1.82) is 0 Å². The zero-order valence-corrected chi connectivity index (χ0v) is 9.55. The van der Waals surface area contributed by atoms with E-state index in [1.807, 2.05) is 24.3 Å². The van der Waals surface area contributed by atoms with Crippen LogP contribution >= 0.6 is 0 Å². The van der Waals surface area contributed by atoms with Crippen LogP contribution in [0.4, 0.5) is 0 Å². The number of methoxy groups -OCH3 is 1. The van der Waals surface area contributed by atoms with Gasteiger partial charge in [0.15, 0.2) is 5.89 Å². The van der Waals surface area contributed by atoms with E-state index in [0.29, 0.717) is 18.1 Å². The monoisotopic (exact) mass is 231 g/mol. The van der Waals surface area contributed by atoms with E-state index < -0.39 is 0 Å². The molecule has 4 nitrogen and oxygen atoms in total. The highest BCUT2D eigenvalue weighted by atomic mass is 16.5. The molecule has 0 amide bonds. The normalized spacial score (nSPS) is 10.2. The Labute approximate surface area is 99.2 Å². The molecule has 0 unspecified atom stereocenters. The molecule has 4 heteroatoms. The van der Waals surface area contributed by atoms with Gasteiger partial charge in [-0.3, -0.25) is 0 Å². The summed E-state index contributed by atoms with van der Waals surface area (Å²) in [6, 6.07) is 7.71. The third-order valence-corrected chi connectivity index (χ3v) is 2.40. The fraction of sp³-hybridized carbons (Fsp3) is 0.231. The van der Waals surface area contributed by atoms with Crippen LogP contribution in [0.15, 0.2) is 34.9 Å². The van der Waals surface area contributed by atoms with Gasteiger partial charge in [-0.05, 0) is 17.7 Å². The van der Waals surface area contributed by atoms with Gasteiger partial charge in [-0.25, -0.2) is 4.98 Å². The molecule has 0 aliphatic carbocycles. The smallest absolute Gasteiger partial charge is 0.198 e. The predicted molar refractivity (Wildman–Crippen MR) is 62.1 cm³/mol. The zero-order valence-electron chi connectivity index (χ0n) is 9.55. The van der Waals surface area contributed by atoms with Crippen molar-refractivity contribution < 1.29 is 13.9 Å². The lowest BCUT2D eigenvalue weighted by Gasteiger charge is -2.00. The SMILES string of the molecule is COc1ccc(Cc2ncc(CC=O)o2)cc1. The Morgan fingerprint density at radius 1 is 1.35 bits per heavy atom. The van der Waals surface area contributed by atoms with Crippen LogP contribution in [0.5, 0.6) is 5.75 Å². The molecule has 0 atom stereocenters. The number of nitrogens with zero attached hydrogens (tertiary/aromatic N) is 1. The minimum Gasteiger partial charge on any atom is -0.497 e. The molecule has 1 aromatic heterocycles. The van der Waals surface area contributed by atoms with Crippen LogP contribution in [-0.4, -0.2) is 18.4 Å².